The van der Waals surface area contributed by atoms with Crippen molar-refractivity contribution in [2.24, 2.45) is 5.92 Å². The second-order valence-corrected chi connectivity index (χ2v) is 24.0. The number of para-hydroxylation sites is 2. The molecule has 3 aromatic carbocycles. The summed E-state index contributed by atoms with van der Waals surface area (Å²) in [5.74, 6) is 8.88. The Morgan fingerprint density at radius 1 is 0.936 bits per heavy atom. The molecule has 0 amide bonds. The first-order valence-electron chi connectivity index (χ1n) is 16.2. The van der Waals surface area contributed by atoms with Crippen LogP contribution in [-0.4, -0.2) is 32.8 Å². The van der Waals surface area contributed by atoms with Crippen LogP contribution in [-0.2, 0) is 33.1 Å². The van der Waals surface area contributed by atoms with Gasteiger partial charge in [0, 0.05) is 37.7 Å². The Bertz CT molecular complexity index is 2160. The summed E-state index contributed by atoms with van der Waals surface area (Å²) < 4.78 is 9.95. The van der Waals surface area contributed by atoms with Crippen LogP contribution >= 0.6 is 0 Å². The van der Waals surface area contributed by atoms with Crippen LogP contribution in [0.25, 0.3) is 55.7 Å². The minimum atomic E-state index is -1.86. The number of hydrogen-bond donors (Lipinski definition) is 0. The van der Waals surface area contributed by atoms with E-state index < -0.39 is 13.3 Å². The molecule has 47 heavy (non-hydrogen) atoms. The Morgan fingerprint density at radius 2 is 1.70 bits per heavy atom. The summed E-state index contributed by atoms with van der Waals surface area (Å²) in [4.78, 5) is 14.1. The molecule has 4 aromatic heterocycles. The molecule has 0 fully saturated rings. The van der Waals surface area contributed by atoms with Crippen LogP contribution in [0.2, 0.25) is 17.3 Å². The summed E-state index contributed by atoms with van der Waals surface area (Å²) in [6.45, 7) is 11.6. The first-order valence-corrected chi connectivity index (χ1v) is 23.5. The Morgan fingerprint density at radius 3 is 2.40 bits per heavy atom. The molecule has 243 valence electrons. The average molecular weight is 860 g/mol. The molecule has 0 spiro atoms. The monoisotopic (exact) mass is 861 g/mol. The number of benzene rings is 3. The Balaban J connectivity index is 0.000000188. The maximum Gasteiger partial charge on any atom is 0.216 e. The number of fused-ring (bicyclic) bond motifs is 4. The molecule has 0 atom stereocenters. The van der Waals surface area contributed by atoms with Gasteiger partial charge in [0.2, 0.25) is 5.71 Å². The third-order valence-electron chi connectivity index (χ3n) is 8.35. The molecule has 0 aliphatic rings. The van der Waals surface area contributed by atoms with E-state index in [1.54, 1.807) is 4.40 Å². The van der Waals surface area contributed by atoms with Gasteiger partial charge in [-0.2, -0.15) is 0 Å². The predicted molar refractivity (Wildman–Crippen MR) is 194 cm³/mol. The number of imidazole rings is 1. The summed E-state index contributed by atoms with van der Waals surface area (Å²) in [7, 11) is 0. The van der Waals surface area contributed by atoms with E-state index in [4.69, 9.17) is 14.4 Å². The predicted octanol–water partition coefficient (Wildman–Crippen LogP) is 9.72. The summed E-state index contributed by atoms with van der Waals surface area (Å²) in [5.41, 5.74) is 10.2. The van der Waals surface area contributed by atoms with Crippen molar-refractivity contribution in [2.45, 2.75) is 64.9 Å². The van der Waals surface area contributed by atoms with E-state index in [2.05, 4.69) is 97.1 Å². The molecule has 0 bridgehead atoms. The smallest absolute Gasteiger partial charge is 0.216 e. The molecule has 5 nitrogen and oxygen atoms in total. The molecule has 1 radical (unpaired) electrons. The molecule has 0 saturated carbocycles. The average Bonchev–Trinajstić information content (AvgIpc) is 3.60. The van der Waals surface area contributed by atoms with Gasteiger partial charge in [0.05, 0.1) is 22.4 Å². The fourth-order valence-electron chi connectivity index (χ4n) is 6.19. The number of rotatable bonds is 6. The Kier molecular flexibility index (Phi) is 10.5. The van der Waals surface area contributed by atoms with E-state index in [0.717, 1.165) is 74.3 Å². The number of pyridine rings is 2. The molecule has 0 unspecified atom stereocenters. The van der Waals surface area contributed by atoms with Crippen LogP contribution in [0, 0.1) is 31.9 Å². The van der Waals surface area contributed by atoms with Gasteiger partial charge in [0.1, 0.15) is 0 Å². The summed E-state index contributed by atoms with van der Waals surface area (Å²) in [6.07, 6.45) is 3.27. The van der Waals surface area contributed by atoms with Gasteiger partial charge >= 0.3 is 126 Å². The van der Waals surface area contributed by atoms with Crippen LogP contribution in [0.4, 0.5) is 0 Å². The van der Waals surface area contributed by atoms with E-state index in [-0.39, 0.29) is 20.1 Å². The zero-order valence-electron chi connectivity index (χ0n) is 28.5. The van der Waals surface area contributed by atoms with Crippen LogP contribution in [0.5, 0.6) is 0 Å². The van der Waals surface area contributed by atoms with Crippen molar-refractivity contribution in [3.63, 3.8) is 0 Å². The third-order valence-corrected chi connectivity index (χ3v) is 12.7. The van der Waals surface area contributed by atoms with Crippen molar-refractivity contribution >= 4 is 50.8 Å². The van der Waals surface area contributed by atoms with E-state index in [1.807, 2.05) is 55.5 Å². The van der Waals surface area contributed by atoms with Crippen molar-refractivity contribution in [3.8, 4) is 22.6 Å². The van der Waals surface area contributed by atoms with Crippen molar-refractivity contribution in [2.75, 3.05) is 0 Å². The van der Waals surface area contributed by atoms with E-state index in [1.165, 1.54) is 5.56 Å². The van der Waals surface area contributed by atoms with Crippen LogP contribution in [0.3, 0.4) is 0 Å². The van der Waals surface area contributed by atoms with Crippen LogP contribution in [0.1, 0.15) is 37.6 Å². The van der Waals surface area contributed by atoms with E-state index in [9.17, 15) is 0 Å². The molecule has 0 aliphatic heterocycles. The van der Waals surface area contributed by atoms with Crippen molar-refractivity contribution in [3.05, 3.63) is 108 Å². The first-order chi connectivity index (χ1) is 22.0. The minimum Gasteiger partial charge on any atom is -0.486 e. The van der Waals surface area contributed by atoms with Gasteiger partial charge in [-0.25, -0.2) is 4.98 Å². The summed E-state index contributed by atoms with van der Waals surface area (Å²) in [6, 6.07) is 31.4. The molecule has 4 heterocycles. The van der Waals surface area contributed by atoms with Crippen LogP contribution < -0.4 is 4.40 Å². The molecular formula is C40H42GeIrN4O-2. The number of aromatic nitrogens is 4. The quantitative estimate of drug-likeness (QED) is 0.124. The van der Waals surface area contributed by atoms with E-state index >= 15 is 0 Å². The first kappa shape index (κ1) is 34.7. The number of furan rings is 1. The largest absolute Gasteiger partial charge is 0.486 e. The number of nitrogens with zero attached hydrogens (tertiary/aromatic N) is 4. The molecule has 0 aliphatic carbocycles. The fourth-order valence-corrected chi connectivity index (χ4v) is 9.52. The van der Waals surface area contributed by atoms with Gasteiger partial charge in [-0.1, -0.05) is 30.0 Å². The van der Waals surface area contributed by atoms with E-state index in [0.29, 0.717) is 11.6 Å². The topological polar surface area (TPSA) is 56.7 Å². The van der Waals surface area contributed by atoms with Gasteiger partial charge in [-0.3, -0.25) is 4.98 Å². The third kappa shape index (κ3) is 7.16. The van der Waals surface area contributed by atoms with Crippen molar-refractivity contribution in [1.29, 1.82) is 0 Å². The summed E-state index contributed by atoms with van der Waals surface area (Å²) in [5, 5.41) is 2.13. The van der Waals surface area contributed by atoms with Crippen molar-refractivity contribution in [1.82, 2.24) is 19.5 Å². The second kappa shape index (κ2) is 14.3. The SMILES string of the molecule is CC(C)Cc1cc(-c2[c-]cccc2)nc[c]1[Ge]([CH3])([CH3])[CH3].CCn1c(-c2[c-]cc(C)c3c2oc2nc(C)ccc23)nc2ccccc21.[Ir]. The zero-order chi connectivity index (χ0) is 32.6. The second-order valence-electron chi connectivity index (χ2n) is 13.5. The summed E-state index contributed by atoms with van der Waals surface area (Å²) >= 11 is -1.86. The van der Waals surface area contributed by atoms with Gasteiger partial charge < -0.3 is 8.98 Å². The molecule has 7 rings (SSSR count). The minimum absolute atomic E-state index is 0. The Labute approximate surface area is 294 Å². The molecule has 7 aromatic rings. The zero-order valence-corrected chi connectivity index (χ0v) is 33.0. The maximum absolute atomic E-state index is 6.20. The fraction of sp³-hybridized carbons (Fsp3) is 0.275. The van der Waals surface area contributed by atoms with Gasteiger partial charge in [-0.05, 0) is 38.1 Å². The van der Waals surface area contributed by atoms with Gasteiger partial charge in [-0.15, -0.1) is 17.7 Å². The molecule has 7 heteroatoms. The molecule has 0 saturated heterocycles. The Hall–Kier alpha value is -3.58. The van der Waals surface area contributed by atoms with Crippen LogP contribution in [0.15, 0.2) is 83.4 Å². The number of aryl methyl sites for hydroxylation is 3. The van der Waals surface area contributed by atoms with Gasteiger partial charge in [0.15, 0.2) is 0 Å². The normalized spacial score (nSPS) is 11.6. The van der Waals surface area contributed by atoms with Crippen molar-refractivity contribution < 1.29 is 24.5 Å². The maximum atomic E-state index is 6.20. The standard InChI is InChI=1S/C22H18N3O.C18H24GeN.Ir/c1-4-25-18-8-6-5-7-17(18)24-21(25)16-11-9-13(2)19-15-12-10-14(3)23-22(15)26-20(16)19;1-14(2)11-16-12-18(15-9-7-6-8-10-15)20-13-17(16)19(3,4)5;/h5-10,12H,4H2,1-3H3;6-9,12-14H,11H2,1-5H3;/q2*-1;. The number of hydrogen-bond acceptors (Lipinski definition) is 4. The molecular weight excluding hydrogens is 817 g/mol. The van der Waals surface area contributed by atoms with Gasteiger partial charge in [0.25, 0.3) is 0 Å². The molecule has 0 N–H and O–H groups in total.